The van der Waals surface area contributed by atoms with E-state index in [-0.39, 0.29) is 17.7 Å². The maximum atomic E-state index is 12.6. The SMILES string of the molecule is Cc1ccc(C(CNC(=O)c2cc(-c3ccccc3)no2)N2CCCC2)cc1. The van der Waals surface area contributed by atoms with Crippen LogP contribution in [-0.4, -0.2) is 35.6 Å². The van der Waals surface area contributed by atoms with Crippen molar-refractivity contribution in [2.45, 2.75) is 25.8 Å². The fraction of sp³-hybridized carbons (Fsp3) is 0.304. The standard InChI is InChI=1S/C23H25N3O2/c1-17-9-11-19(12-10-17)21(26-13-5-6-14-26)16-24-23(27)22-15-20(25-28-22)18-7-3-2-4-8-18/h2-4,7-12,15,21H,5-6,13-14,16H2,1H3,(H,24,27). The summed E-state index contributed by atoms with van der Waals surface area (Å²) in [5, 5.41) is 7.07. The predicted molar refractivity (Wildman–Crippen MR) is 109 cm³/mol. The Balaban J connectivity index is 1.45. The molecule has 5 heteroatoms. The maximum absolute atomic E-state index is 12.6. The van der Waals surface area contributed by atoms with E-state index >= 15 is 0 Å². The Labute approximate surface area is 165 Å². The zero-order valence-corrected chi connectivity index (χ0v) is 16.1. The van der Waals surface area contributed by atoms with E-state index in [2.05, 4.69) is 46.6 Å². The van der Waals surface area contributed by atoms with Gasteiger partial charge in [-0.25, -0.2) is 0 Å². The van der Waals surface area contributed by atoms with Crippen LogP contribution in [0.5, 0.6) is 0 Å². The van der Waals surface area contributed by atoms with Crippen LogP contribution in [0, 0.1) is 6.92 Å². The zero-order chi connectivity index (χ0) is 19.3. The molecule has 2 aromatic carbocycles. The molecule has 4 rings (SSSR count). The van der Waals surface area contributed by atoms with Crippen LogP contribution in [0.15, 0.2) is 65.2 Å². The van der Waals surface area contributed by atoms with Gasteiger partial charge in [-0.15, -0.1) is 0 Å². The molecule has 28 heavy (non-hydrogen) atoms. The summed E-state index contributed by atoms with van der Waals surface area (Å²) in [5.41, 5.74) is 4.07. The molecule has 0 saturated carbocycles. The molecule has 1 aromatic heterocycles. The molecule has 1 saturated heterocycles. The van der Waals surface area contributed by atoms with Crippen molar-refractivity contribution in [1.82, 2.24) is 15.4 Å². The van der Waals surface area contributed by atoms with Crippen LogP contribution in [0.25, 0.3) is 11.3 Å². The van der Waals surface area contributed by atoms with Crippen LogP contribution in [0.2, 0.25) is 0 Å². The molecule has 1 fully saturated rings. The third-order valence-electron chi connectivity index (χ3n) is 5.30. The van der Waals surface area contributed by atoms with Gasteiger partial charge in [0, 0.05) is 18.2 Å². The zero-order valence-electron chi connectivity index (χ0n) is 16.1. The normalized spacial score (nSPS) is 15.5. The van der Waals surface area contributed by atoms with Gasteiger partial charge in [-0.3, -0.25) is 9.69 Å². The third-order valence-corrected chi connectivity index (χ3v) is 5.30. The number of amides is 1. The van der Waals surface area contributed by atoms with E-state index in [0.717, 1.165) is 18.7 Å². The van der Waals surface area contributed by atoms with Gasteiger partial charge in [-0.1, -0.05) is 65.3 Å². The second-order valence-corrected chi connectivity index (χ2v) is 7.32. The van der Waals surface area contributed by atoms with Crippen molar-refractivity contribution in [1.29, 1.82) is 0 Å². The van der Waals surface area contributed by atoms with Crippen molar-refractivity contribution in [3.63, 3.8) is 0 Å². The first-order valence-corrected chi connectivity index (χ1v) is 9.81. The summed E-state index contributed by atoms with van der Waals surface area (Å²) >= 11 is 0. The van der Waals surface area contributed by atoms with Gasteiger partial charge in [-0.2, -0.15) is 0 Å². The number of likely N-dealkylation sites (tertiary alicyclic amines) is 1. The summed E-state index contributed by atoms with van der Waals surface area (Å²) in [7, 11) is 0. The highest BCUT2D eigenvalue weighted by Crippen LogP contribution is 2.25. The number of aryl methyl sites for hydroxylation is 1. The number of hydrogen-bond donors (Lipinski definition) is 1. The fourth-order valence-corrected chi connectivity index (χ4v) is 3.70. The smallest absolute Gasteiger partial charge is 0.289 e. The summed E-state index contributed by atoms with van der Waals surface area (Å²) in [6, 6.07) is 20.1. The number of nitrogens with zero attached hydrogens (tertiary/aromatic N) is 2. The predicted octanol–water partition coefficient (Wildman–Crippen LogP) is 4.22. The molecule has 5 nitrogen and oxygen atoms in total. The molecule has 0 bridgehead atoms. The molecule has 1 amide bonds. The first kappa shape index (κ1) is 18.4. The molecular formula is C23H25N3O2. The maximum Gasteiger partial charge on any atom is 0.289 e. The van der Waals surface area contributed by atoms with Gasteiger partial charge in [0.25, 0.3) is 5.91 Å². The monoisotopic (exact) mass is 375 g/mol. The number of rotatable bonds is 6. The van der Waals surface area contributed by atoms with E-state index in [0.29, 0.717) is 12.2 Å². The number of nitrogens with one attached hydrogen (secondary N) is 1. The molecule has 0 aliphatic carbocycles. The van der Waals surface area contributed by atoms with Gasteiger partial charge in [0.15, 0.2) is 0 Å². The Bertz CT molecular complexity index is 913. The molecule has 144 valence electrons. The number of carbonyl (C=O) groups excluding carboxylic acids is 1. The minimum atomic E-state index is -0.231. The average Bonchev–Trinajstić information content (AvgIpc) is 3.42. The number of benzene rings is 2. The van der Waals surface area contributed by atoms with Crippen molar-refractivity contribution in [2.24, 2.45) is 0 Å². The van der Waals surface area contributed by atoms with Crippen LogP contribution in [-0.2, 0) is 0 Å². The Hall–Kier alpha value is -2.92. The lowest BCUT2D eigenvalue weighted by atomic mass is 10.0. The Morgan fingerprint density at radius 3 is 2.54 bits per heavy atom. The molecule has 1 aliphatic rings. The van der Waals surface area contributed by atoms with Crippen molar-refractivity contribution >= 4 is 5.91 Å². The number of hydrogen-bond acceptors (Lipinski definition) is 4. The lowest BCUT2D eigenvalue weighted by Crippen LogP contribution is -2.36. The van der Waals surface area contributed by atoms with Crippen molar-refractivity contribution < 1.29 is 9.32 Å². The highest BCUT2D eigenvalue weighted by molar-refractivity contribution is 5.92. The topological polar surface area (TPSA) is 58.4 Å². The Morgan fingerprint density at radius 2 is 1.82 bits per heavy atom. The first-order chi connectivity index (χ1) is 13.7. The summed E-state index contributed by atoms with van der Waals surface area (Å²) in [4.78, 5) is 15.1. The molecule has 1 atom stereocenters. The van der Waals surface area contributed by atoms with Gasteiger partial charge in [0.05, 0.1) is 6.04 Å². The van der Waals surface area contributed by atoms with Crippen LogP contribution < -0.4 is 5.32 Å². The Kier molecular flexibility index (Phi) is 5.53. The van der Waals surface area contributed by atoms with Gasteiger partial charge in [0.1, 0.15) is 5.69 Å². The number of carbonyl (C=O) groups is 1. The molecule has 3 aromatic rings. The highest BCUT2D eigenvalue weighted by Gasteiger charge is 2.24. The lowest BCUT2D eigenvalue weighted by Gasteiger charge is -2.28. The Morgan fingerprint density at radius 1 is 1.11 bits per heavy atom. The quantitative estimate of drug-likeness (QED) is 0.701. The van der Waals surface area contributed by atoms with Gasteiger partial charge in [-0.05, 0) is 38.4 Å². The van der Waals surface area contributed by atoms with E-state index in [1.807, 2.05) is 30.3 Å². The van der Waals surface area contributed by atoms with Gasteiger partial charge >= 0.3 is 0 Å². The summed E-state index contributed by atoms with van der Waals surface area (Å²) in [6.45, 7) is 4.76. The highest BCUT2D eigenvalue weighted by atomic mass is 16.5. The van der Waals surface area contributed by atoms with Gasteiger partial charge < -0.3 is 9.84 Å². The van der Waals surface area contributed by atoms with Crippen LogP contribution in [0.4, 0.5) is 0 Å². The molecule has 1 N–H and O–H groups in total. The molecule has 1 aliphatic heterocycles. The van der Waals surface area contributed by atoms with E-state index in [1.165, 1.54) is 24.0 Å². The summed E-state index contributed by atoms with van der Waals surface area (Å²) < 4.78 is 5.28. The lowest BCUT2D eigenvalue weighted by molar-refractivity contribution is 0.0901. The molecular weight excluding hydrogens is 350 g/mol. The van der Waals surface area contributed by atoms with E-state index < -0.39 is 0 Å². The van der Waals surface area contributed by atoms with E-state index in [9.17, 15) is 4.79 Å². The molecule has 1 unspecified atom stereocenters. The molecule has 0 spiro atoms. The second-order valence-electron chi connectivity index (χ2n) is 7.32. The van der Waals surface area contributed by atoms with Crippen LogP contribution in [0.3, 0.4) is 0 Å². The summed E-state index contributed by atoms with van der Waals surface area (Å²) in [5.74, 6) is 0.00826. The average molecular weight is 375 g/mol. The first-order valence-electron chi connectivity index (χ1n) is 9.81. The van der Waals surface area contributed by atoms with E-state index in [1.54, 1.807) is 6.07 Å². The largest absolute Gasteiger partial charge is 0.350 e. The van der Waals surface area contributed by atoms with Crippen LogP contribution >= 0.6 is 0 Å². The van der Waals surface area contributed by atoms with Crippen molar-refractivity contribution in [2.75, 3.05) is 19.6 Å². The van der Waals surface area contributed by atoms with Gasteiger partial charge in [0.2, 0.25) is 5.76 Å². The molecule has 0 radical (unpaired) electrons. The van der Waals surface area contributed by atoms with Crippen molar-refractivity contribution in [3.05, 3.63) is 77.6 Å². The second kappa shape index (κ2) is 8.40. The van der Waals surface area contributed by atoms with Crippen molar-refractivity contribution in [3.8, 4) is 11.3 Å². The number of aromatic nitrogens is 1. The minimum Gasteiger partial charge on any atom is -0.350 e. The van der Waals surface area contributed by atoms with E-state index in [4.69, 9.17) is 4.52 Å². The minimum absolute atomic E-state index is 0.170. The molecule has 2 heterocycles. The summed E-state index contributed by atoms with van der Waals surface area (Å²) in [6.07, 6.45) is 2.41. The fourth-order valence-electron chi connectivity index (χ4n) is 3.70. The van der Waals surface area contributed by atoms with Crippen LogP contribution in [0.1, 0.15) is 40.6 Å². The third kappa shape index (κ3) is 4.15.